The Labute approximate surface area is 211 Å². The molecule has 0 aliphatic heterocycles. The number of anilines is 1. The molecule has 0 aromatic heterocycles. The minimum Gasteiger partial charge on any atom is -0.497 e. The van der Waals surface area contributed by atoms with E-state index in [-0.39, 0.29) is 29.2 Å². The van der Waals surface area contributed by atoms with Crippen LogP contribution in [0.15, 0.2) is 42.5 Å². The van der Waals surface area contributed by atoms with Gasteiger partial charge in [-0.1, -0.05) is 30.7 Å². The Hall–Kier alpha value is -2.85. The van der Waals surface area contributed by atoms with Crippen molar-refractivity contribution < 1.29 is 27.1 Å². The second-order valence-corrected chi connectivity index (χ2v) is 10.6. The third-order valence-corrected chi connectivity index (χ3v) is 6.63. The molecule has 0 saturated carbocycles. The van der Waals surface area contributed by atoms with Gasteiger partial charge in [0.15, 0.2) is 0 Å². The fourth-order valence-electron chi connectivity index (χ4n) is 3.48. The number of nitrogens with zero attached hydrogens (tertiary/aromatic N) is 2. The Bertz CT molecular complexity index is 1140. The fourth-order valence-corrected chi connectivity index (χ4v) is 4.50. The van der Waals surface area contributed by atoms with Crippen molar-refractivity contribution in [2.24, 2.45) is 0 Å². The average molecular weight is 528 g/mol. The van der Waals surface area contributed by atoms with Gasteiger partial charge in [0.05, 0.1) is 24.1 Å². The molecular weight excluding hydrogens is 497 g/mol. The zero-order chi connectivity index (χ0) is 26.3. The summed E-state index contributed by atoms with van der Waals surface area (Å²) in [5.74, 6) is -1.03. The second kappa shape index (κ2) is 12.2. The van der Waals surface area contributed by atoms with E-state index in [1.165, 1.54) is 18.1 Å². The SMILES string of the molecule is CC[C@@H](C(=O)NC(C)C)N(Cc1ccc(OC)cc1)C(=O)CN(c1ccc(F)c(Cl)c1)S(C)(=O)=O. The Morgan fingerprint density at radius 1 is 1.14 bits per heavy atom. The lowest BCUT2D eigenvalue weighted by Gasteiger charge is -2.33. The number of hydrogen-bond donors (Lipinski definition) is 1. The van der Waals surface area contributed by atoms with Crippen LogP contribution in [-0.2, 0) is 26.2 Å². The molecule has 2 rings (SSSR count). The standard InChI is InChI=1S/C24H31ClFN3O5S/c1-6-22(24(31)27-16(2)3)28(14-17-7-10-19(34-4)11-8-17)23(30)15-29(35(5,32)33)18-9-12-21(26)20(25)13-18/h7-13,16,22H,6,14-15H2,1-5H3,(H,27,31)/t22-/m0/s1. The first-order chi connectivity index (χ1) is 16.4. The summed E-state index contributed by atoms with van der Waals surface area (Å²) < 4.78 is 44.8. The van der Waals surface area contributed by atoms with Crippen LogP contribution < -0.4 is 14.4 Å². The van der Waals surface area contributed by atoms with Crippen molar-refractivity contribution >= 4 is 39.1 Å². The summed E-state index contributed by atoms with van der Waals surface area (Å²) in [6.45, 7) is 4.86. The van der Waals surface area contributed by atoms with Crippen LogP contribution >= 0.6 is 11.6 Å². The smallest absolute Gasteiger partial charge is 0.244 e. The molecule has 0 heterocycles. The number of ether oxygens (including phenoxy) is 1. The lowest BCUT2D eigenvalue weighted by Crippen LogP contribution is -2.53. The van der Waals surface area contributed by atoms with Gasteiger partial charge in [-0.05, 0) is 56.2 Å². The summed E-state index contributed by atoms with van der Waals surface area (Å²) >= 11 is 5.85. The molecule has 0 bridgehead atoms. The summed E-state index contributed by atoms with van der Waals surface area (Å²) in [6, 6.07) is 9.40. The second-order valence-electron chi connectivity index (χ2n) is 8.33. The largest absolute Gasteiger partial charge is 0.497 e. The maximum atomic E-state index is 13.7. The first kappa shape index (κ1) is 28.4. The molecule has 1 N–H and O–H groups in total. The molecule has 0 saturated heterocycles. The van der Waals surface area contributed by atoms with Crippen molar-refractivity contribution in [2.45, 2.75) is 45.8 Å². The van der Waals surface area contributed by atoms with Crippen LogP contribution in [0.25, 0.3) is 0 Å². The molecule has 0 unspecified atom stereocenters. The number of carbonyl (C=O) groups is 2. The molecule has 35 heavy (non-hydrogen) atoms. The van der Waals surface area contributed by atoms with Gasteiger partial charge >= 0.3 is 0 Å². The molecule has 0 fully saturated rings. The lowest BCUT2D eigenvalue weighted by atomic mass is 10.1. The zero-order valence-corrected chi connectivity index (χ0v) is 22.0. The molecule has 192 valence electrons. The first-order valence-electron chi connectivity index (χ1n) is 11.0. The number of rotatable bonds is 11. The maximum absolute atomic E-state index is 13.7. The van der Waals surface area contributed by atoms with E-state index in [1.807, 2.05) is 13.8 Å². The summed E-state index contributed by atoms with van der Waals surface area (Å²) in [7, 11) is -2.40. The van der Waals surface area contributed by atoms with Crippen LogP contribution in [0.4, 0.5) is 10.1 Å². The van der Waals surface area contributed by atoms with E-state index in [9.17, 15) is 22.4 Å². The van der Waals surface area contributed by atoms with Gasteiger partial charge in [0, 0.05) is 12.6 Å². The van der Waals surface area contributed by atoms with E-state index in [4.69, 9.17) is 16.3 Å². The molecule has 2 aromatic carbocycles. The maximum Gasteiger partial charge on any atom is 0.244 e. The minimum atomic E-state index is -3.94. The van der Waals surface area contributed by atoms with Crippen molar-refractivity contribution in [2.75, 3.05) is 24.2 Å². The Morgan fingerprint density at radius 2 is 1.77 bits per heavy atom. The number of sulfonamides is 1. The Balaban J connectivity index is 2.45. The molecule has 11 heteroatoms. The van der Waals surface area contributed by atoms with Gasteiger partial charge in [0.1, 0.15) is 24.2 Å². The number of hydrogen-bond acceptors (Lipinski definition) is 5. The highest BCUT2D eigenvalue weighted by molar-refractivity contribution is 7.92. The van der Waals surface area contributed by atoms with Crippen molar-refractivity contribution in [3.8, 4) is 5.75 Å². The molecule has 0 spiro atoms. The number of halogens is 2. The van der Waals surface area contributed by atoms with Crippen molar-refractivity contribution in [3.63, 3.8) is 0 Å². The highest BCUT2D eigenvalue weighted by atomic mass is 35.5. The van der Waals surface area contributed by atoms with E-state index < -0.39 is 34.3 Å². The van der Waals surface area contributed by atoms with Crippen LogP contribution in [0.3, 0.4) is 0 Å². The zero-order valence-electron chi connectivity index (χ0n) is 20.4. The number of methoxy groups -OCH3 is 1. The van der Waals surface area contributed by atoms with Gasteiger partial charge < -0.3 is 15.0 Å². The lowest BCUT2D eigenvalue weighted by molar-refractivity contribution is -0.140. The van der Waals surface area contributed by atoms with Crippen molar-refractivity contribution in [3.05, 3.63) is 58.9 Å². The van der Waals surface area contributed by atoms with Gasteiger partial charge in [0.2, 0.25) is 21.8 Å². The first-order valence-corrected chi connectivity index (χ1v) is 13.3. The summed E-state index contributed by atoms with van der Waals surface area (Å²) in [6.07, 6.45) is 1.25. The minimum absolute atomic E-state index is 0.0383. The van der Waals surface area contributed by atoms with Crippen LogP contribution in [0.1, 0.15) is 32.8 Å². The predicted molar refractivity (Wildman–Crippen MR) is 135 cm³/mol. The van der Waals surface area contributed by atoms with Crippen LogP contribution in [0.2, 0.25) is 5.02 Å². The van der Waals surface area contributed by atoms with Crippen LogP contribution in [0, 0.1) is 5.82 Å². The third-order valence-electron chi connectivity index (χ3n) is 5.20. The van der Waals surface area contributed by atoms with Gasteiger partial charge in [-0.25, -0.2) is 12.8 Å². The number of amides is 2. The van der Waals surface area contributed by atoms with Gasteiger partial charge in [-0.15, -0.1) is 0 Å². The fraction of sp³-hybridized carbons (Fsp3) is 0.417. The molecular formula is C24H31ClFN3O5S. The van der Waals surface area contributed by atoms with Crippen molar-refractivity contribution in [1.29, 1.82) is 0 Å². The van der Waals surface area contributed by atoms with Gasteiger partial charge in [-0.3, -0.25) is 13.9 Å². The Kier molecular flexibility index (Phi) is 9.91. The quantitative estimate of drug-likeness (QED) is 0.482. The summed E-state index contributed by atoms with van der Waals surface area (Å²) in [4.78, 5) is 27.8. The van der Waals surface area contributed by atoms with E-state index in [2.05, 4.69) is 5.32 Å². The number of nitrogens with one attached hydrogen (secondary N) is 1. The van der Waals surface area contributed by atoms with E-state index in [0.717, 1.165) is 28.3 Å². The third kappa shape index (κ3) is 7.83. The monoisotopic (exact) mass is 527 g/mol. The topological polar surface area (TPSA) is 96.0 Å². The molecule has 0 radical (unpaired) electrons. The highest BCUT2D eigenvalue weighted by Crippen LogP contribution is 2.25. The van der Waals surface area contributed by atoms with Crippen LogP contribution in [-0.4, -0.2) is 57.1 Å². The normalized spacial score (nSPS) is 12.2. The summed E-state index contributed by atoms with van der Waals surface area (Å²) in [5, 5.41) is 2.54. The Morgan fingerprint density at radius 3 is 2.26 bits per heavy atom. The molecule has 8 nitrogen and oxygen atoms in total. The summed E-state index contributed by atoms with van der Waals surface area (Å²) in [5.41, 5.74) is 0.766. The van der Waals surface area contributed by atoms with Crippen molar-refractivity contribution in [1.82, 2.24) is 10.2 Å². The van der Waals surface area contributed by atoms with Gasteiger partial charge in [0.25, 0.3) is 0 Å². The number of benzene rings is 2. The molecule has 1 atom stereocenters. The van der Waals surface area contributed by atoms with E-state index in [1.54, 1.807) is 31.2 Å². The molecule has 0 aliphatic carbocycles. The number of carbonyl (C=O) groups excluding carboxylic acids is 2. The van der Waals surface area contributed by atoms with Gasteiger partial charge in [-0.2, -0.15) is 0 Å². The molecule has 2 aromatic rings. The van der Waals surface area contributed by atoms with E-state index in [0.29, 0.717) is 12.2 Å². The average Bonchev–Trinajstić information content (AvgIpc) is 2.78. The molecule has 0 aliphatic rings. The van der Waals surface area contributed by atoms with E-state index >= 15 is 0 Å². The molecule has 2 amide bonds. The van der Waals surface area contributed by atoms with Crippen LogP contribution in [0.5, 0.6) is 5.75 Å². The highest BCUT2D eigenvalue weighted by Gasteiger charge is 2.32. The predicted octanol–water partition coefficient (Wildman–Crippen LogP) is 3.59.